The SMILES string of the molecule is OCc1cc([C@@H](O)CNCCOCCCOCC[N+]23CCC(CC2)[C@@H](OC[C@@](O)(c2ccccc2)C2CCCC2)C3)ccc1O.[Br-]. The summed E-state index contributed by atoms with van der Waals surface area (Å²) >= 11 is 0. The minimum absolute atomic E-state index is 0. The summed E-state index contributed by atoms with van der Waals surface area (Å²) in [6.07, 6.45) is 7.22. The van der Waals surface area contributed by atoms with E-state index >= 15 is 0 Å². The second kappa shape index (κ2) is 18.2. The van der Waals surface area contributed by atoms with Gasteiger partial charge in [-0.3, -0.25) is 0 Å². The number of rotatable bonds is 19. The van der Waals surface area contributed by atoms with E-state index < -0.39 is 11.7 Å². The number of nitrogens with one attached hydrogen (secondary N) is 1. The van der Waals surface area contributed by atoms with Crippen molar-refractivity contribution in [3.63, 3.8) is 0 Å². The van der Waals surface area contributed by atoms with E-state index in [0.717, 1.165) is 49.0 Å². The van der Waals surface area contributed by atoms with Crippen LogP contribution in [0.3, 0.4) is 0 Å². The van der Waals surface area contributed by atoms with E-state index in [1.54, 1.807) is 12.1 Å². The van der Waals surface area contributed by atoms with Crippen LogP contribution in [0.15, 0.2) is 48.5 Å². The molecule has 0 amide bonds. The molecule has 3 saturated heterocycles. The molecule has 3 atom stereocenters. The molecule has 0 unspecified atom stereocenters. The Balaban J connectivity index is 0.00000480. The number of ether oxygens (including phenoxy) is 3. The van der Waals surface area contributed by atoms with Crippen LogP contribution >= 0.6 is 0 Å². The van der Waals surface area contributed by atoms with Crippen molar-refractivity contribution in [3.05, 3.63) is 65.2 Å². The van der Waals surface area contributed by atoms with Gasteiger partial charge in [0.15, 0.2) is 0 Å². The van der Waals surface area contributed by atoms with E-state index in [9.17, 15) is 20.4 Å². The summed E-state index contributed by atoms with van der Waals surface area (Å²) in [4.78, 5) is 0. The molecule has 258 valence electrons. The van der Waals surface area contributed by atoms with Crippen LogP contribution in [0.5, 0.6) is 5.75 Å². The Hall–Kier alpha value is -1.60. The lowest BCUT2D eigenvalue weighted by Crippen LogP contribution is -3.00. The maximum atomic E-state index is 12.0. The molecule has 5 N–H and O–H groups in total. The molecule has 0 radical (unpaired) electrons. The minimum atomic E-state index is -0.907. The smallest absolute Gasteiger partial charge is 0.121 e. The van der Waals surface area contributed by atoms with Crippen molar-refractivity contribution in [1.29, 1.82) is 0 Å². The topological polar surface area (TPSA) is 121 Å². The van der Waals surface area contributed by atoms with Crippen LogP contribution in [0.4, 0.5) is 0 Å². The number of aliphatic hydroxyl groups is 3. The van der Waals surface area contributed by atoms with E-state index in [2.05, 4.69) is 17.4 Å². The zero-order chi connectivity index (χ0) is 31.5. The van der Waals surface area contributed by atoms with Crippen LogP contribution in [0.1, 0.15) is 67.7 Å². The molecule has 0 aromatic heterocycles. The van der Waals surface area contributed by atoms with Crippen LogP contribution in [0.2, 0.25) is 0 Å². The molecule has 3 heterocycles. The van der Waals surface area contributed by atoms with Gasteiger partial charge in [0.1, 0.15) is 30.5 Å². The highest BCUT2D eigenvalue weighted by molar-refractivity contribution is 5.36. The number of nitrogens with zero attached hydrogens (tertiary/aromatic N) is 1. The van der Waals surface area contributed by atoms with Crippen molar-refractivity contribution in [2.24, 2.45) is 11.8 Å². The third kappa shape index (κ3) is 9.74. The highest BCUT2D eigenvalue weighted by Crippen LogP contribution is 2.42. The molecule has 1 aliphatic carbocycles. The summed E-state index contributed by atoms with van der Waals surface area (Å²) in [6, 6.07) is 15.0. The number of hydrogen-bond acceptors (Lipinski definition) is 8. The van der Waals surface area contributed by atoms with Crippen molar-refractivity contribution in [3.8, 4) is 5.75 Å². The molecule has 3 aliphatic heterocycles. The van der Waals surface area contributed by atoms with Crippen molar-refractivity contribution in [2.75, 3.05) is 72.3 Å². The van der Waals surface area contributed by atoms with Gasteiger partial charge in [-0.2, -0.15) is 0 Å². The van der Waals surface area contributed by atoms with Gasteiger partial charge in [0.25, 0.3) is 0 Å². The first-order valence-electron chi connectivity index (χ1n) is 17.1. The van der Waals surface area contributed by atoms with Gasteiger partial charge in [-0.25, -0.2) is 0 Å². The normalized spacial score (nSPS) is 24.8. The Bertz CT molecular complexity index is 1160. The molecule has 10 heteroatoms. The molecule has 4 aliphatic rings. The number of aliphatic hydroxyl groups excluding tert-OH is 2. The molecule has 4 fully saturated rings. The van der Waals surface area contributed by atoms with Gasteiger partial charge in [0, 0.05) is 50.6 Å². The monoisotopic (exact) mass is 706 g/mol. The van der Waals surface area contributed by atoms with Crippen molar-refractivity contribution in [2.45, 2.75) is 69.4 Å². The molecule has 2 aromatic rings. The fourth-order valence-corrected chi connectivity index (χ4v) is 7.69. The van der Waals surface area contributed by atoms with E-state index in [0.29, 0.717) is 56.6 Å². The lowest BCUT2D eigenvalue weighted by atomic mass is 9.80. The van der Waals surface area contributed by atoms with Gasteiger partial charge in [0.2, 0.25) is 0 Å². The van der Waals surface area contributed by atoms with Crippen molar-refractivity contribution < 1.29 is 56.1 Å². The number of aromatic hydroxyl groups is 1. The van der Waals surface area contributed by atoms with Gasteiger partial charge in [-0.05, 0) is 48.4 Å². The number of quaternary nitrogens is 1. The van der Waals surface area contributed by atoms with Gasteiger partial charge < -0.3 is 61.4 Å². The summed E-state index contributed by atoms with van der Waals surface area (Å²) in [5.41, 5.74) is 1.15. The van der Waals surface area contributed by atoms with E-state index in [4.69, 9.17) is 14.2 Å². The third-order valence-corrected chi connectivity index (χ3v) is 10.6. The van der Waals surface area contributed by atoms with Crippen molar-refractivity contribution in [1.82, 2.24) is 5.32 Å². The molecule has 2 aromatic carbocycles. The quantitative estimate of drug-likeness (QED) is 0.107. The largest absolute Gasteiger partial charge is 1.00 e. The second-order valence-electron chi connectivity index (χ2n) is 13.5. The fraction of sp³-hybridized carbons (Fsp3) is 0.667. The fourth-order valence-electron chi connectivity index (χ4n) is 7.69. The van der Waals surface area contributed by atoms with Crippen LogP contribution in [0, 0.1) is 11.8 Å². The Morgan fingerprint density at radius 1 is 0.935 bits per heavy atom. The number of halogens is 1. The number of phenols is 1. The predicted molar refractivity (Wildman–Crippen MR) is 173 cm³/mol. The van der Waals surface area contributed by atoms with Gasteiger partial charge >= 0.3 is 0 Å². The first kappa shape index (κ1) is 37.2. The summed E-state index contributed by atoms with van der Waals surface area (Å²) in [5.74, 6) is 0.890. The summed E-state index contributed by atoms with van der Waals surface area (Å²) in [6.45, 7) is 8.11. The minimum Gasteiger partial charge on any atom is -1.00 e. The first-order valence-corrected chi connectivity index (χ1v) is 17.1. The maximum absolute atomic E-state index is 12.0. The van der Waals surface area contributed by atoms with Gasteiger partial charge in [-0.15, -0.1) is 0 Å². The molecule has 1 saturated carbocycles. The highest BCUT2D eigenvalue weighted by atomic mass is 79.9. The highest BCUT2D eigenvalue weighted by Gasteiger charge is 2.48. The molecule has 0 spiro atoms. The number of benzene rings is 2. The van der Waals surface area contributed by atoms with E-state index in [-0.39, 0.29) is 41.4 Å². The lowest BCUT2D eigenvalue weighted by Gasteiger charge is -2.52. The third-order valence-electron chi connectivity index (χ3n) is 10.6. The zero-order valence-corrected chi connectivity index (χ0v) is 28.8. The Labute approximate surface area is 285 Å². The summed E-state index contributed by atoms with van der Waals surface area (Å²) in [5, 5.41) is 44.4. The van der Waals surface area contributed by atoms with Crippen LogP contribution in [0.25, 0.3) is 0 Å². The Kier molecular flexibility index (Phi) is 14.8. The van der Waals surface area contributed by atoms with Crippen LogP contribution < -0.4 is 22.3 Å². The Morgan fingerprint density at radius 2 is 1.65 bits per heavy atom. The van der Waals surface area contributed by atoms with Gasteiger partial charge in [0.05, 0.1) is 45.6 Å². The molecular formula is C36H55BrN2O7. The molecule has 2 bridgehead atoms. The zero-order valence-electron chi connectivity index (χ0n) is 27.2. The first-order chi connectivity index (χ1) is 21.9. The molecule has 9 nitrogen and oxygen atoms in total. The van der Waals surface area contributed by atoms with E-state index in [1.807, 2.05) is 18.2 Å². The summed E-state index contributed by atoms with van der Waals surface area (Å²) < 4.78 is 19.5. The average Bonchev–Trinajstić information content (AvgIpc) is 3.63. The molecule has 46 heavy (non-hydrogen) atoms. The Morgan fingerprint density at radius 3 is 2.37 bits per heavy atom. The van der Waals surface area contributed by atoms with Crippen molar-refractivity contribution >= 4 is 0 Å². The second-order valence-corrected chi connectivity index (χ2v) is 13.5. The van der Waals surface area contributed by atoms with Crippen LogP contribution in [-0.4, -0.2) is 103 Å². The standard InChI is InChI=1S/C36H54N2O7.BrH/c39-26-30-23-29(11-12-33(30)40)34(41)24-37-15-21-43-19-6-20-44-22-18-38-16-13-28(14-17-38)35(25-38)45-27-36(42,32-9-4-5-10-32)31-7-2-1-3-8-31;/h1-3,7-8,11-12,23,28,32,34-35,37,39,41-42H,4-6,9-10,13-22,24-27H2;1H/t28?,34-,35-,36+,38?;/m0./s1. The number of fused-ring (bicyclic) bond motifs is 3. The molecule has 6 rings (SSSR count). The lowest BCUT2D eigenvalue weighted by molar-refractivity contribution is -0.946. The average molecular weight is 708 g/mol. The number of hydrogen-bond donors (Lipinski definition) is 5. The molecular weight excluding hydrogens is 652 g/mol. The summed E-state index contributed by atoms with van der Waals surface area (Å²) in [7, 11) is 0. The number of piperidine rings is 3. The maximum Gasteiger partial charge on any atom is 0.121 e. The van der Waals surface area contributed by atoms with E-state index in [1.165, 1.54) is 44.8 Å². The predicted octanol–water partition coefficient (Wildman–Crippen LogP) is 0.638. The van der Waals surface area contributed by atoms with Crippen LogP contribution in [-0.2, 0) is 26.4 Å². The van der Waals surface area contributed by atoms with Gasteiger partial charge in [-0.1, -0.05) is 49.2 Å².